The van der Waals surface area contributed by atoms with Crippen LogP contribution in [0.1, 0.15) is 16.1 Å². The molecular weight excluding hydrogens is 228 g/mol. The Morgan fingerprint density at radius 3 is 2.61 bits per heavy atom. The predicted molar refractivity (Wildman–Crippen MR) is 70.5 cm³/mol. The molecule has 0 saturated heterocycles. The molecule has 1 aromatic heterocycles. The van der Waals surface area contributed by atoms with Crippen LogP contribution in [0.5, 0.6) is 0 Å². The molecule has 0 fully saturated rings. The van der Waals surface area contributed by atoms with Gasteiger partial charge in [-0.1, -0.05) is 12.1 Å². The van der Waals surface area contributed by atoms with Gasteiger partial charge in [0.1, 0.15) is 5.69 Å². The number of amides is 1. The van der Waals surface area contributed by atoms with E-state index in [0.29, 0.717) is 12.2 Å². The Hall–Kier alpha value is -2.30. The fourth-order valence-electron chi connectivity index (χ4n) is 1.57. The standard InChI is InChI=1S/C13H16N4O/c1-17(2)11-5-3-10(4-6-11)7-15-13(18)12-8-14-9-16-12/h3-6,8-9H,7H2,1-2H3,(H,14,16)(H,15,18). The van der Waals surface area contributed by atoms with E-state index in [-0.39, 0.29) is 5.91 Å². The highest BCUT2D eigenvalue weighted by atomic mass is 16.1. The lowest BCUT2D eigenvalue weighted by Crippen LogP contribution is -2.23. The molecule has 5 heteroatoms. The third kappa shape index (κ3) is 2.88. The van der Waals surface area contributed by atoms with Gasteiger partial charge in [0.25, 0.3) is 5.91 Å². The van der Waals surface area contributed by atoms with Crippen molar-refractivity contribution >= 4 is 11.6 Å². The Labute approximate surface area is 106 Å². The van der Waals surface area contributed by atoms with Crippen molar-refractivity contribution in [1.82, 2.24) is 15.3 Å². The monoisotopic (exact) mass is 244 g/mol. The van der Waals surface area contributed by atoms with Crippen molar-refractivity contribution in [2.24, 2.45) is 0 Å². The molecule has 1 heterocycles. The molecule has 0 radical (unpaired) electrons. The van der Waals surface area contributed by atoms with Gasteiger partial charge in [0.2, 0.25) is 0 Å². The number of imidazole rings is 1. The van der Waals surface area contributed by atoms with Crippen molar-refractivity contribution in [3.8, 4) is 0 Å². The highest BCUT2D eigenvalue weighted by molar-refractivity contribution is 5.91. The largest absolute Gasteiger partial charge is 0.378 e. The van der Waals surface area contributed by atoms with Gasteiger partial charge in [0.15, 0.2) is 0 Å². The first-order valence-corrected chi connectivity index (χ1v) is 5.69. The van der Waals surface area contributed by atoms with Crippen LogP contribution in [0.2, 0.25) is 0 Å². The number of carbonyl (C=O) groups is 1. The molecule has 0 aliphatic heterocycles. The van der Waals surface area contributed by atoms with Crippen LogP contribution < -0.4 is 10.2 Å². The summed E-state index contributed by atoms with van der Waals surface area (Å²) in [5, 5.41) is 2.83. The summed E-state index contributed by atoms with van der Waals surface area (Å²) in [4.78, 5) is 20.3. The highest BCUT2D eigenvalue weighted by Gasteiger charge is 2.05. The van der Waals surface area contributed by atoms with Gasteiger partial charge in [-0.25, -0.2) is 4.98 Å². The van der Waals surface area contributed by atoms with E-state index >= 15 is 0 Å². The van der Waals surface area contributed by atoms with Crippen molar-refractivity contribution in [1.29, 1.82) is 0 Å². The third-order valence-corrected chi connectivity index (χ3v) is 2.65. The summed E-state index contributed by atoms with van der Waals surface area (Å²) >= 11 is 0. The minimum Gasteiger partial charge on any atom is -0.378 e. The predicted octanol–water partition coefficient (Wildman–Crippen LogP) is 1.41. The second kappa shape index (κ2) is 5.35. The lowest BCUT2D eigenvalue weighted by molar-refractivity contribution is 0.0946. The van der Waals surface area contributed by atoms with Gasteiger partial charge < -0.3 is 15.2 Å². The van der Waals surface area contributed by atoms with Crippen molar-refractivity contribution < 1.29 is 4.79 Å². The van der Waals surface area contributed by atoms with Crippen LogP contribution >= 0.6 is 0 Å². The Kier molecular flexibility index (Phi) is 3.62. The number of aromatic amines is 1. The van der Waals surface area contributed by atoms with E-state index in [1.54, 1.807) is 0 Å². The zero-order chi connectivity index (χ0) is 13.0. The number of nitrogens with zero attached hydrogens (tertiary/aromatic N) is 2. The zero-order valence-corrected chi connectivity index (χ0v) is 10.5. The molecule has 0 unspecified atom stereocenters. The number of hydrogen-bond acceptors (Lipinski definition) is 3. The minimum absolute atomic E-state index is 0.149. The van der Waals surface area contributed by atoms with Gasteiger partial charge in [0, 0.05) is 26.3 Å². The summed E-state index contributed by atoms with van der Waals surface area (Å²) < 4.78 is 0. The highest BCUT2D eigenvalue weighted by Crippen LogP contribution is 2.12. The number of aromatic nitrogens is 2. The first-order valence-electron chi connectivity index (χ1n) is 5.69. The maximum Gasteiger partial charge on any atom is 0.269 e. The average Bonchev–Trinajstić information content (AvgIpc) is 2.90. The number of anilines is 1. The van der Waals surface area contributed by atoms with E-state index < -0.39 is 0 Å². The fraction of sp³-hybridized carbons (Fsp3) is 0.231. The molecule has 0 saturated carbocycles. The smallest absolute Gasteiger partial charge is 0.269 e. The molecule has 0 spiro atoms. The zero-order valence-electron chi connectivity index (χ0n) is 10.5. The summed E-state index contributed by atoms with van der Waals surface area (Å²) in [6, 6.07) is 8.06. The summed E-state index contributed by atoms with van der Waals surface area (Å²) in [5.41, 5.74) is 2.67. The van der Waals surface area contributed by atoms with Crippen LogP contribution in [-0.2, 0) is 6.54 Å². The number of H-pyrrole nitrogens is 1. The molecule has 0 aliphatic carbocycles. The minimum atomic E-state index is -0.149. The van der Waals surface area contributed by atoms with Gasteiger partial charge in [-0.05, 0) is 17.7 Å². The first kappa shape index (κ1) is 12.2. The van der Waals surface area contributed by atoms with Crippen LogP contribution in [0, 0.1) is 0 Å². The molecule has 5 nitrogen and oxygen atoms in total. The molecule has 1 amide bonds. The Morgan fingerprint density at radius 2 is 2.06 bits per heavy atom. The lowest BCUT2D eigenvalue weighted by atomic mass is 10.2. The van der Waals surface area contributed by atoms with Crippen LogP contribution in [-0.4, -0.2) is 30.0 Å². The van der Waals surface area contributed by atoms with E-state index in [2.05, 4.69) is 15.3 Å². The summed E-state index contributed by atoms with van der Waals surface area (Å²) in [6.45, 7) is 0.506. The SMILES string of the molecule is CN(C)c1ccc(CNC(=O)c2cnc[nH]2)cc1. The maximum atomic E-state index is 11.7. The Morgan fingerprint density at radius 1 is 1.33 bits per heavy atom. The molecule has 0 bridgehead atoms. The first-order chi connectivity index (χ1) is 8.66. The average molecular weight is 244 g/mol. The second-order valence-electron chi connectivity index (χ2n) is 4.21. The number of hydrogen-bond donors (Lipinski definition) is 2. The van der Waals surface area contributed by atoms with Crippen LogP contribution in [0.25, 0.3) is 0 Å². The van der Waals surface area contributed by atoms with E-state index in [0.717, 1.165) is 11.3 Å². The van der Waals surface area contributed by atoms with E-state index in [1.165, 1.54) is 12.5 Å². The van der Waals surface area contributed by atoms with Crippen LogP contribution in [0.4, 0.5) is 5.69 Å². The molecule has 18 heavy (non-hydrogen) atoms. The van der Waals surface area contributed by atoms with Crippen LogP contribution in [0.3, 0.4) is 0 Å². The number of rotatable bonds is 4. The molecular formula is C13H16N4O. The summed E-state index contributed by atoms with van der Waals surface area (Å²) in [5.74, 6) is -0.149. The van der Waals surface area contributed by atoms with E-state index in [1.807, 2.05) is 43.3 Å². The van der Waals surface area contributed by atoms with Gasteiger partial charge in [0.05, 0.1) is 12.5 Å². The molecule has 94 valence electrons. The molecule has 0 atom stereocenters. The lowest BCUT2D eigenvalue weighted by Gasteiger charge is -2.12. The number of benzene rings is 1. The molecule has 1 aromatic carbocycles. The van der Waals surface area contributed by atoms with Crippen molar-refractivity contribution in [2.75, 3.05) is 19.0 Å². The fourth-order valence-corrected chi connectivity index (χ4v) is 1.57. The number of carbonyl (C=O) groups excluding carboxylic acids is 1. The van der Waals surface area contributed by atoms with Crippen molar-refractivity contribution in [2.45, 2.75) is 6.54 Å². The van der Waals surface area contributed by atoms with Crippen molar-refractivity contribution in [3.63, 3.8) is 0 Å². The van der Waals surface area contributed by atoms with E-state index in [9.17, 15) is 4.79 Å². The number of nitrogens with one attached hydrogen (secondary N) is 2. The molecule has 2 N–H and O–H groups in total. The molecule has 2 rings (SSSR count). The Bertz CT molecular complexity index is 502. The maximum absolute atomic E-state index is 11.7. The summed E-state index contributed by atoms with van der Waals surface area (Å²) in [6.07, 6.45) is 2.99. The van der Waals surface area contributed by atoms with E-state index in [4.69, 9.17) is 0 Å². The third-order valence-electron chi connectivity index (χ3n) is 2.65. The quantitative estimate of drug-likeness (QED) is 0.854. The molecule has 2 aromatic rings. The topological polar surface area (TPSA) is 61.0 Å². The normalized spacial score (nSPS) is 10.1. The van der Waals surface area contributed by atoms with Crippen LogP contribution in [0.15, 0.2) is 36.8 Å². The van der Waals surface area contributed by atoms with Gasteiger partial charge >= 0.3 is 0 Å². The Balaban J connectivity index is 1.92. The van der Waals surface area contributed by atoms with Crippen molar-refractivity contribution in [3.05, 3.63) is 48.0 Å². The van der Waals surface area contributed by atoms with Gasteiger partial charge in [-0.2, -0.15) is 0 Å². The summed E-state index contributed by atoms with van der Waals surface area (Å²) in [7, 11) is 3.99. The second-order valence-corrected chi connectivity index (χ2v) is 4.21. The van der Waals surface area contributed by atoms with Gasteiger partial charge in [-0.3, -0.25) is 4.79 Å². The van der Waals surface area contributed by atoms with Gasteiger partial charge in [-0.15, -0.1) is 0 Å². The molecule has 0 aliphatic rings.